The molecule has 2 heterocycles. The minimum atomic E-state index is -3.52. The van der Waals surface area contributed by atoms with Crippen LogP contribution in [0.4, 0.5) is 10.5 Å². The zero-order valence-electron chi connectivity index (χ0n) is 17.7. The number of anilines is 1. The number of urea groups is 1. The number of hydrogen-bond donors (Lipinski definition) is 3. The second kappa shape index (κ2) is 7.89. The quantitative estimate of drug-likeness (QED) is 0.471. The Bertz CT molecular complexity index is 1210. The molecular formula is C21H25N5O3S2. The maximum absolute atomic E-state index is 13.4. The third-order valence-corrected chi connectivity index (χ3v) is 8.98. The number of hydrogen-bond acceptors (Lipinski definition) is 6. The van der Waals surface area contributed by atoms with Gasteiger partial charge in [-0.2, -0.15) is 5.26 Å². The molecule has 2 amide bonds. The topological polar surface area (TPSA) is 127 Å². The van der Waals surface area contributed by atoms with Gasteiger partial charge in [-0.05, 0) is 80.0 Å². The van der Waals surface area contributed by atoms with Crippen molar-refractivity contribution in [2.75, 3.05) is 5.32 Å². The number of aliphatic hydroxyl groups is 1. The summed E-state index contributed by atoms with van der Waals surface area (Å²) in [6.07, 6.45) is 6.17. The molecule has 0 fully saturated rings. The molecule has 0 saturated carbocycles. The van der Waals surface area contributed by atoms with Crippen LogP contribution in [0.25, 0.3) is 0 Å². The van der Waals surface area contributed by atoms with Crippen LogP contribution in [0.1, 0.15) is 67.6 Å². The molecule has 31 heavy (non-hydrogen) atoms. The molecule has 10 heteroatoms. The van der Waals surface area contributed by atoms with Crippen molar-refractivity contribution in [1.29, 1.82) is 5.26 Å². The van der Waals surface area contributed by atoms with Crippen LogP contribution < -0.4 is 10.0 Å². The highest BCUT2D eigenvalue weighted by atomic mass is 32.2. The largest absolute Gasteiger partial charge is 0.386 e. The first kappa shape index (κ1) is 21.7. The first-order valence-electron chi connectivity index (χ1n) is 10.2. The van der Waals surface area contributed by atoms with Crippen molar-refractivity contribution in [2.24, 2.45) is 4.36 Å². The summed E-state index contributed by atoms with van der Waals surface area (Å²) in [5, 5.41) is 23.8. The number of rotatable bonds is 4. The van der Waals surface area contributed by atoms with E-state index >= 15 is 0 Å². The molecule has 0 radical (unpaired) electrons. The van der Waals surface area contributed by atoms with Gasteiger partial charge in [0, 0.05) is 11.4 Å². The minimum Gasteiger partial charge on any atom is -0.386 e. The molecule has 2 aromatic heterocycles. The van der Waals surface area contributed by atoms with Gasteiger partial charge in [0.25, 0.3) is 0 Å². The van der Waals surface area contributed by atoms with Crippen LogP contribution in [0, 0.1) is 11.5 Å². The Balaban J connectivity index is 1.72. The minimum absolute atomic E-state index is 0.208. The summed E-state index contributed by atoms with van der Waals surface area (Å²) in [6, 6.07) is 0.741. The van der Waals surface area contributed by atoms with Gasteiger partial charge in [-0.25, -0.2) is 13.7 Å². The van der Waals surface area contributed by atoms with Crippen LogP contribution in [0.5, 0.6) is 0 Å². The van der Waals surface area contributed by atoms with Gasteiger partial charge in [-0.1, -0.05) is 6.92 Å². The van der Waals surface area contributed by atoms with E-state index in [0.717, 1.165) is 71.6 Å². The average Bonchev–Trinajstić information content (AvgIpc) is 3.41. The molecule has 0 bridgehead atoms. The monoisotopic (exact) mass is 459 g/mol. The molecule has 2 aliphatic carbocycles. The number of fused-ring (bicyclic) bond motifs is 2. The summed E-state index contributed by atoms with van der Waals surface area (Å²) >= 11 is 1.08. The van der Waals surface area contributed by atoms with E-state index in [1.165, 1.54) is 6.07 Å². The highest BCUT2D eigenvalue weighted by molar-refractivity contribution is 7.94. The van der Waals surface area contributed by atoms with Crippen LogP contribution in [-0.2, 0) is 34.8 Å². The number of aryl methyl sites for hydroxylation is 1. The summed E-state index contributed by atoms with van der Waals surface area (Å²) in [5.74, 6) is 0.337. The Morgan fingerprint density at radius 2 is 2.16 bits per heavy atom. The molecule has 3 N–H and O–H groups in total. The Morgan fingerprint density at radius 3 is 2.84 bits per heavy atom. The molecule has 2 aromatic rings. The number of carbonyl (C=O) groups excluding carboxylic acids is 1. The zero-order valence-corrected chi connectivity index (χ0v) is 19.3. The summed E-state index contributed by atoms with van der Waals surface area (Å²) in [7, 11) is -3.52. The highest BCUT2D eigenvalue weighted by Crippen LogP contribution is 2.41. The van der Waals surface area contributed by atoms with E-state index in [1.54, 1.807) is 25.4 Å². The molecule has 0 aromatic carbocycles. The lowest BCUT2D eigenvalue weighted by Gasteiger charge is -2.15. The second-order valence-corrected chi connectivity index (χ2v) is 11.6. The summed E-state index contributed by atoms with van der Waals surface area (Å²) in [5.41, 5.74) is 4.27. The number of nitrogens with zero attached hydrogens (tertiary/aromatic N) is 3. The van der Waals surface area contributed by atoms with E-state index in [-0.39, 0.29) is 4.21 Å². The number of amides is 2. The maximum Gasteiger partial charge on any atom is 0.355 e. The molecule has 8 nitrogen and oxygen atoms in total. The lowest BCUT2D eigenvalue weighted by atomic mass is 10.0. The molecule has 2 aliphatic rings. The SMILES string of the molecule is CC1CCc2c1nc1c(c2NC(=O)N=S(=O)(NC#N)c2cc(C(C)(C)O)cs2)CCC1. The van der Waals surface area contributed by atoms with E-state index in [9.17, 15) is 14.1 Å². The molecule has 164 valence electrons. The van der Waals surface area contributed by atoms with Crippen molar-refractivity contribution in [3.63, 3.8) is 0 Å². The third kappa shape index (κ3) is 4.05. The molecular weight excluding hydrogens is 434 g/mol. The molecule has 0 spiro atoms. The van der Waals surface area contributed by atoms with Crippen LogP contribution >= 0.6 is 11.3 Å². The second-order valence-electron chi connectivity index (χ2n) is 8.54. The maximum atomic E-state index is 13.4. The molecule has 2 atom stereocenters. The molecule has 4 rings (SSSR count). The standard InChI is InChI=1S/C21H25N5O3S2/c1-12-7-8-15-18(12)24-16-6-4-5-14(16)19(15)25-20(27)26-31(29,23-11-22)17-9-13(10-30-17)21(2,3)28/h9-10,12,28H,4-8H2,1-3H3,(H2,23,24,25,26,27,29). The van der Waals surface area contributed by atoms with Crippen LogP contribution in [-0.4, -0.2) is 20.3 Å². The number of nitrogens with one attached hydrogen (secondary N) is 2. The predicted molar refractivity (Wildman–Crippen MR) is 119 cm³/mol. The first-order chi connectivity index (χ1) is 14.6. The Labute approximate surface area is 186 Å². The van der Waals surface area contributed by atoms with Gasteiger partial charge in [-0.15, -0.1) is 15.7 Å². The number of thiophene rings is 1. The van der Waals surface area contributed by atoms with Crippen molar-refractivity contribution in [2.45, 2.75) is 68.6 Å². The van der Waals surface area contributed by atoms with Crippen molar-refractivity contribution in [1.82, 2.24) is 9.71 Å². The fourth-order valence-corrected chi connectivity index (χ4v) is 6.78. The zero-order chi connectivity index (χ0) is 22.4. The number of nitriles is 1. The molecule has 0 aliphatic heterocycles. The van der Waals surface area contributed by atoms with Crippen molar-refractivity contribution >= 4 is 33.0 Å². The van der Waals surface area contributed by atoms with Crippen LogP contribution in [0.3, 0.4) is 0 Å². The smallest absolute Gasteiger partial charge is 0.355 e. The summed E-state index contributed by atoms with van der Waals surface area (Å²) in [4.78, 5) is 17.7. The fraction of sp³-hybridized carbons (Fsp3) is 0.476. The van der Waals surface area contributed by atoms with Crippen LogP contribution in [0.2, 0.25) is 0 Å². The van der Waals surface area contributed by atoms with E-state index in [1.807, 2.05) is 0 Å². The van der Waals surface area contributed by atoms with E-state index in [4.69, 9.17) is 10.2 Å². The Hall–Kier alpha value is -2.48. The van der Waals surface area contributed by atoms with Crippen molar-refractivity contribution in [3.8, 4) is 6.19 Å². The summed E-state index contributed by atoms with van der Waals surface area (Å²) < 4.78 is 19.7. The van der Waals surface area contributed by atoms with Gasteiger partial charge < -0.3 is 10.4 Å². The van der Waals surface area contributed by atoms with Gasteiger partial charge in [0.15, 0.2) is 16.1 Å². The fourth-order valence-electron chi connectivity index (χ4n) is 4.16. The van der Waals surface area contributed by atoms with Gasteiger partial charge in [0.05, 0.1) is 11.3 Å². The Morgan fingerprint density at radius 1 is 1.39 bits per heavy atom. The van der Waals surface area contributed by atoms with Crippen LogP contribution in [0.15, 0.2) is 20.0 Å². The lowest BCUT2D eigenvalue weighted by Crippen LogP contribution is -2.22. The first-order valence-corrected chi connectivity index (χ1v) is 12.6. The average molecular weight is 460 g/mol. The highest BCUT2D eigenvalue weighted by Gasteiger charge is 2.30. The van der Waals surface area contributed by atoms with E-state index in [0.29, 0.717) is 11.5 Å². The number of carbonyl (C=O) groups is 1. The molecule has 2 unspecified atom stereocenters. The van der Waals surface area contributed by atoms with Crippen molar-refractivity contribution in [3.05, 3.63) is 39.5 Å². The third-order valence-electron chi connectivity index (χ3n) is 5.83. The van der Waals surface area contributed by atoms with E-state index in [2.05, 4.69) is 21.3 Å². The van der Waals surface area contributed by atoms with Crippen molar-refractivity contribution < 1.29 is 14.1 Å². The van der Waals surface area contributed by atoms with E-state index < -0.39 is 21.5 Å². The van der Waals surface area contributed by atoms with Gasteiger partial charge >= 0.3 is 6.03 Å². The normalized spacial score (nSPS) is 19.1. The molecule has 0 saturated heterocycles. The van der Waals surface area contributed by atoms with Gasteiger partial charge in [0.1, 0.15) is 4.21 Å². The number of aromatic nitrogens is 1. The lowest BCUT2D eigenvalue weighted by molar-refractivity contribution is 0.0789. The number of pyridine rings is 1. The predicted octanol–water partition coefficient (Wildman–Crippen LogP) is 3.95. The van der Waals surface area contributed by atoms with Gasteiger partial charge in [0.2, 0.25) is 0 Å². The summed E-state index contributed by atoms with van der Waals surface area (Å²) in [6.45, 7) is 5.35. The van der Waals surface area contributed by atoms with Gasteiger partial charge in [-0.3, -0.25) is 4.98 Å². The Kier molecular flexibility index (Phi) is 5.54.